The molecule has 2 nitrogen and oxygen atoms in total. The van der Waals surface area contributed by atoms with Gasteiger partial charge in [0.2, 0.25) is 0 Å². The van der Waals surface area contributed by atoms with Crippen molar-refractivity contribution in [1.82, 2.24) is 4.98 Å². The van der Waals surface area contributed by atoms with Crippen molar-refractivity contribution in [2.45, 2.75) is 0 Å². The van der Waals surface area contributed by atoms with Crippen LogP contribution in [0.4, 0.5) is 0 Å². The third-order valence-electron chi connectivity index (χ3n) is 1.61. The minimum atomic E-state index is 0.681. The van der Waals surface area contributed by atoms with E-state index in [1.54, 1.807) is 0 Å². The Morgan fingerprint density at radius 2 is 2.23 bits per heavy atom. The SMILES string of the molecule is Clc1cccc(-c2ocnc2Br)c1. The van der Waals surface area contributed by atoms with Gasteiger partial charge in [0.1, 0.15) is 0 Å². The van der Waals surface area contributed by atoms with Gasteiger partial charge in [-0.25, -0.2) is 4.98 Å². The normalized spacial score (nSPS) is 10.3. The summed E-state index contributed by atoms with van der Waals surface area (Å²) in [6, 6.07) is 7.42. The average molecular weight is 259 g/mol. The molecular formula is C9H5BrClNO. The summed E-state index contributed by atoms with van der Waals surface area (Å²) >= 11 is 9.12. The van der Waals surface area contributed by atoms with Gasteiger partial charge < -0.3 is 4.42 Å². The van der Waals surface area contributed by atoms with E-state index in [9.17, 15) is 0 Å². The first-order valence-corrected chi connectivity index (χ1v) is 4.79. The summed E-state index contributed by atoms with van der Waals surface area (Å²) in [6.45, 7) is 0. The molecule has 0 radical (unpaired) electrons. The largest absolute Gasteiger partial charge is 0.442 e. The molecule has 1 heterocycles. The Bertz CT molecular complexity index is 427. The van der Waals surface area contributed by atoms with Crippen molar-refractivity contribution >= 4 is 27.5 Å². The van der Waals surface area contributed by atoms with Crippen LogP contribution in [0.3, 0.4) is 0 Å². The molecule has 4 heteroatoms. The molecule has 13 heavy (non-hydrogen) atoms. The van der Waals surface area contributed by atoms with Crippen LogP contribution in [0.5, 0.6) is 0 Å². The smallest absolute Gasteiger partial charge is 0.182 e. The topological polar surface area (TPSA) is 26.0 Å². The summed E-state index contributed by atoms with van der Waals surface area (Å²) in [7, 11) is 0. The van der Waals surface area contributed by atoms with E-state index in [1.807, 2.05) is 24.3 Å². The predicted octanol–water partition coefficient (Wildman–Crippen LogP) is 3.76. The highest BCUT2D eigenvalue weighted by Gasteiger charge is 2.07. The third-order valence-corrected chi connectivity index (χ3v) is 2.41. The van der Waals surface area contributed by atoms with Crippen molar-refractivity contribution in [2.75, 3.05) is 0 Å². The summed E-state index contributed by atoms with van der Waals surface area (Å²) in [5.41, 5.74) is 0.914. The molecule has 2 rings (SSSR count). The predicted molar refractivity (Wildman–Crippen MR) is 54.6 cm³/mol. The monoisotopic (exact) mass is 257 g/mol. The highest BCUT2D eigenvalue weighted by Crippen LogP contribution is 2.28. The van der Waals surface area contributed by atoms with Gasteiger partial charge in [0.05, 0.1) is 0 Å². The van der Waals surface area contributed by atoms with Crippen molar-refractivity contribution < 1.29 is 4.42 Å². The molecule has 2 aromatic rings. The van der Waals surface area contributed by atoms with E-state index in [2.05, 4.69) is 20.9 Å². The fourth-order valence-electron chi connectivity index (χ4n) is 1.05. The lowest BCUT2D eigenvalue weighted by Crippen LogP contribution is -1.74. The maximum atomic E-state index is 5.84. The highest BCUT2D eigenvalue weighted by molar-refractivity contribution is 9.10. The van der Waals surface area contributed by atoms with Gasteiger partial charge in [-0.3, -0.25) is 0 Å². The van der Waals surface area contributed by atoms with E-state index in [1.165, 1.54) is 6.39 Å². The Kier molecular flexibility index (Phi) is 2.38. The second-order valence-corrected chi connectivity index (χ2v) is 3.67. The van der Waals surface area contributed by atoms with Crippen LogP contribution in [0.2, 0.25) is 5.02 Å². The third kappa shape index (κ3) is 1.76. The number of hydrogen-bond acceptors (Lipinski definition) is 2. The second-order valence-electron chi connectivity index (χ2n) is 2.48. The van der Waals surface area contributed by atoms with Crippen LogP contribution in [0, 0.1) is 0 Å². The highest BCUT2D eigenvalue weighted by atomic mass is 79.9. The minimum Gasteiger partial charge on any atom is -0.442 e. The molecule has 1 aromatic carbocycles. The van der Waals surface area contributed by atoms with Crippen molar-refractivity contribution in [1.29, 1.82) is 0 Å². The fourth-order valence-corrected chi connectivity index (χ4v) is 1.65. The Balaban J connectivity index is 2.53. The molecule has 0 aliphatic carbocycles. The molecule has 0 N–H and O–H groups in total. The minimum absolute atomic E-state index is 0.681. The van der Waals surface area contributed by atoms with Gasteiger partial charge in [0.15, 0.2) is 16.8 Å². The molecule has 0 saturated heterocycles. The zero-order chi connectivity index (χ0) is 9.26. The summed E-state index contributed by atoms with van der Waals surface area (Å²) in [6.07, 6.45) is 1.39. The van der Waals surface area contributed by atoms with Crippen LogP contribution < -0.4 is 0 Å². The van der Waals surface area contributed by atoms with Gasteiger partial charge in [0, 0.05) is 10.6 Å². The van der Waals surface area contributed by atoms with E-state index >= 15 is 0 Å². The fraction of sp³-hybridized carbons (Fsp3) is 0. The summed E-state index contributed by atoms with van der Waals surface area (Å²) in [5, 5.41) is 0.681. The molecule has 0 aliphatic rings. The standard InChI is InChI=1S/C9H5BrClNO/c10-9-8(13-5-12-9)6-2-1-3-7(11)4-6/h1-5H. The number of nitrogens with zero attached hydrogens (tertiary/aromatic N) is 1. The summed E-state index contributed by atoms with van der Waals surface area (Å²) < 4.78 is 5.88. The number of halogens is 2. The zero-order valence-corrected chi connectivity index (χ0v) is 8.84. The van der Waals surface area contributed by atoms with Gasteiger partial charge in [0.25, 0.3) is 0 Å². The lowest BCUT2D eigenvalue weighted by atomic mass is 10.2. The first kappa shape index (κ1) is 8.78. The second kappa shape index (κ2) is 3.52. The summed E-state index contributed by atoms with van der Waals surface area (Å²) in [4.78, 5) is 3.93. The molecule has 0 amide bonds. The average Bonchev–Trinajstić information content (AvgIpc) is 2.51. The maximum absolute atomic E-state index is 5.84. The van der Waals surface area contributed by atoms with Crippen LogP contribution in [0.15, 0.2) is 39.7 Å². The van der Waals surface area contributed by atoms with Crippen molar-refractivity contribution in [3.8, 4) is 11.3 Å². The molecule has 0 spiro atoms. The Hall–Kier alpha value is -0.800. The molecule has 0 bridgehead atoms. The number of oxazole rings is 1. The molecular weight excluding hydrogens is 253 g/mol. The Labute approximate surface area is 88.7 Å². The van der Waals surface area contributed by atoms with E-state index in [0.29, 0.717) is 15.4 Å². The van der Waals surface area contributed by atoms with Gasteiger partial charge in [-0.05, 0) is 28.1 Å². The van der Waals surface area contributed by atoms with Crippen LogP contribution in [0.1, 0.15) is 0 Å². The molecule has 0 fully saturated rings. The van der Waals surface area contributed by atoms with Gasteiger partial charge in [-0.1, -0.05) is 23.7 Å². The quantitative estimate of drug-likeness (QED) is 0.778. The van der Waals surface area contributed by atoms with Crippen molar-refractivity contribution in [3.63, 3.8) is 0 Å². The number of rotatable bonds is 1. The number of hydrogen-bond donors (Lipinski definition) is 0. The first-order chi connectivity index (χ1) is 6.27. The maximum Gasteiger partial charge on any atom is 0.182 e. The molecule has 1 aromatic heterocycles. The van der Waals surface area contributed by atoms with Crippen LogP contribution in [-0.2, 0) is 0 Å². The van der Waals surface area contributed by atoms with E-state index < -0.39 is 0 Å². The molecule has 0 unspecified atom stereocenters. The van der Waals surface area contributed by atoms with E-state index in [4.69, 9.17) is 16.0 Å². The number of aromatic nitrogens is 1. The molecule has 0 aliphatic heterocycles. The molecule has 0 atom stereocenters. The van der Waals surface area contributed by atoms with E-state index in [0.717, 1.165) is 5.56 Å². The lowest BCUT2D eigenvalue weighted by molar-refractivity contribution is 0.571. The zero-order valence-electron chi connectivity index (χ0n) is 6.50. The van der Waals surface area contributed by atoms with Gasteiger partial charge in [-0.2, -0.15) is 0 Å². The Morgan fingerprint density at radius 3 is 2.85 bits per heavy atom. The van der Waals surface area contributed by atoms with E-state index in [-0.39, 0.29) is 0 Å². The number of benzene rings is 1. The van der Waals surface area contributed by atoms with Gasteiger partial charge >= 0.3 is 0 Å². The van der Waals surface area contributed by atoms with Crippen LogP contribution >= 0.6 is 27.5 Å². The lowest BCUT2D eigenvalue weighted by Gasteiger charge is -1.96. The first-order valence-electron chi connectivity index (χ1n) is 3.62. The molecule has 0 saturated carbocycles. The van der Waals surface area contributed by atoms with Gasteiger partial charge in [-0.15, -0.1) is 0 Å². The summed E-state index contributed by atoms with van der Waals surface area (Å²) in [5.74, 6) is 0.697. The Morgan fingerprint density at radius 1 is 1.38 bits per heavy atom. The van der Waals surface area contributed by atoms with Crippen LogP contribution in [-0.4, -0.2) is 4.98 Å². The van der Waals surface area contributed by atoms with Crippen LogP contribution in [0.25, 0.3) is 11.3 Å². The van der Waals surface area contributed by atoms with Crippen molar-refractivity contribution in [3.05, 3.63) is 40.3 Å². The molecule has 66 valence electrons. The van der Waals surface area contributed by atoms with Crippen molar-refractivity contribution in [2.24, 2.45) is 0 Å².